The van der Waals surface area contributed by atoms with Crippen molar-refractivity contribution in [1.29, 1.82) is 5.26 Å². The molecular formula is C14H8NO. The van der Waals surface area contributed by atoms with Crippen molar-refractivity contribution in [3.05, 3.63) is 71.3 Å². The number of nitrogens with zero attached hydrogens (tertiary/aromatic N) is 1. The van der Waals surface area contributed by atoms with Crippen molar-refractivity contribution in [3.8, 4) is 6.07 Å². The number of nitriles is 1. The van der Waals surface area contributed by atoms with E-state index in [4.69, 9.17) is 5.26 Å². The van der Waals surface area contributed by atoms with Crippen molar-refractivity contribution in [2.45, 2.75) is 0 Å². The molecule has 2 aromatic rings. The average Bonchev–Trinajstić information content (AvgIpc) is 2.39. The lowest BCUT2D eigenvalue weighted by atomic mass is 10.0. The molecule has 0 aromatic heterocycles. The molecule has 0 bridgehead atoms. The van der Waals surface area contributed by atoms with Crippen LogP contribution in [0.5, 0.6) is 0 Å². The summed E-state index contributed by atoms with van der Waals surface area (Å²) in [6.07, 6.45) is 0. The molecule has 0 fully saturated rings. The highest BCUT2D eigenvalue weighted by Gasteiger charge is 2.08. The molecule has 0 saturated carbocycles. The molecule has 16 heavy (non-hydrogen) atoms. The van der Waals surface area contributed by atoms with Gasteiger partial charge in [-0.2, -0.15) is 5.26 Å². The zero-order valence-corrected chi connectivity index (χ0v) is 8.47. The topological polar surface area (TPSA) is 40.9 Å². The van der Waals surface area contributed by atoms with Gasteiger partial charge in [0.15, 0.2) is 5.78 Å². The molecule has 2 nitrogen and oxygen atoms in total. The lowest BCUT2D eigenvalue weighted by molar-refractivity contribution is 0.103. The van der Waals surface area contributed by atoms with E-state index in [1.54, 1.807) is 48.5 Å². The first-order valence-electron chi connectivity index (χ1n) is 4.82. The second-order valence-electron chi connectivity index (χ2n) is 3.31. The zero-order chi connectivity index (χ0) is 11.4. The number of hydrogen-bond acceptors (Lipinski definition) is 2. The molecule has 0 heterocycles. The highest BCUT2D eigenvalue weighted by molar-refractivity contribution is 6.09. The third-order valence-electron chi connectivity index (χ3n) is 2.23. The summed E-state index contributed by atoms with van der Waals surface area (Å²) in [7, 11) is 0. The van der Waals surface area contributed by atoms with E-state index < -0.39 is 0 Å². The van der Waals surface area contributed by atoms with Crippen molar-refractivity contribution in [2.24, 2.45) is 0 Å². The third-order valence-corrected chi connectivity index (χ3v) is 2.23. The Hall–Kier alpha value is -2.40. The zero-order valence-electron chi connectivity index (χ0n) is 8.47. The van der Waals surface area contributed by atoms with Crippen LogP contribution in [0.3, 0.4) is 0 Å². The van der Waals surface area contributed by atoms with Crippen LogP contribution in [0.25, 0.3) is 0 Å². The van der Waals surface area contributed by atoms with Gasteiger partial charge < -0.3 is 0 Å². The van der Waals surface area contributed by atoms with E-state index in [-0.39, 0.29) is 5.78 Å². The molecule has 0 aliphatic heterocycles. The van der Waals surface area contributed by atoms with Crippen LogP contribution < -0.4 is 0 Å². The monoisotopic (exact) mass is 206 g/mol. The quantitative estimate of drug-likeness (QED) is 0.708. The number of rotatable bonds is 2. The van der Waals surface area contributed by atoms with Gasteiger partial charge in [0.1, 0.15) is 0 Å². The van der Waals surface area contributed by atoms with E-state index >= 15 is 0 Å². The molecule has 0 saturated heterocycles. The van der Waals surface area contributed by atoms with E-state index in [0.717, 1.165) is 0 Å². The molecule has 2 heteroatoms. The fourth-order valence-corrected chi connectivity index (χ4v) is 1.43. The first-order chi connectivity index (χ1) is 7.81. The molecule has 2 rings (SSSR count). The molecule has 0 aliphatic rings. The summed E-state index contributed by atoms with van der Waals surface area (Å²) in [5.74, 6) is -0.0777. The van der Waals surface area contributed by atoms with Crippen molar-refractivity contribution in [1.82, 2.24) is 0 Å². The van der Waals surface area contributed by atoms with Gasteiger partial charge in [-0.25, -0.2) is 0 Å². The maximum absolute atomic E-state index is 12.0. The lowest BCUT2D eigenvalue weighted by Crippen LogP contribution is -2.00. The standard InChI is InChI=1S/C14H8NO/c15-10-11-5-4-8-13(9-11)14(16)12-6-2-1-3-7-12/h2-9H. The number of carbonyl (C=O) groups excluding carboxylic acids is 1. The van der Waals surface area contributed by atoms with Gasteiger partial charge in [0.2, 0.25) is 0 Å². The van der Waals surface area contributed by atoms with Gasteiger partial charge in [-0.1, -0.05) is 36.4 Å². The number of hydrogen-bond donors (Lipinski definition) is 0. The summed E-state index contributed by atoms with van der Waals surface area (Å²) in [5, 5.41) is 8.75. The summed E-state index contributed by atoms with van der Waals surface area (Å²) in [4.78, 5) is 12.0. The fraction of sp³-hybridized carbons (Fsp3) is 0. The maximum atomic E-state index is 12.0. The maximum Gasteiger partial charge on any atom is 0.193 e. The number of carbonyl (C=O) groups is 1. The Labute approximate surface area is 93.8 Å². The smallest absolute Gasteiger partial charge is 0.193 e. The minimum atomic E-state index is -0.0777. The van der Waals surface area contributed by atoms with E-state index in [0.29, 0.717) is 16.7 Å². The van der Waals surface area contributed by atoms with Gasteiger partial charge in [0.05, 0.1) is 11.6 Å². The van der Waals surface area contributed by atoms with Gasteiger partial charge in [-0.3, -0.25) is 4.79 Å². The largest absolute Gasteiger partial charge is 0.289 e. The first kappa shape index (κ1) is 10.1. The molecule has 2 aromatic carbocycles. The lowest BCUT2D eigenvalue weighted by Gasteiger charge is -2.00. The normalized spacial score (nSPS) is 9.44. The van der Waals surface area contributed by atoms with Gasteiger partial charge in [-0.05, 0) is 18.2 Å². The molecule has 0 spiro atoms. The Morgan fingerprint density at radius 2 is 1.88 bits per heavy atom. The predicted molar refractivity (Wildman–Crippen MR) is 59.9 cm³/mol. The van der Waals surface area contributed by atoms with Gasteiger partial charge in [0.25, 0.3) is 0 Å². The molecule has 1 radical (unpaired) electrons. The van der Waals surface area contributed by atoms with Crippen LogP contribution in [0.1, 0.15) is 21.5 Å². The molecule has 0 atom stereocenters. The number of ketones is 1. The second kappa shape index (κ2) is 4.41. The average molecular weight is 206 g/mol. The van der Waals surface area contributed by atoms with Gasteiger partial charge in [0, 0.05) is 11.1 Å². The fourth-order valence-electron chi connectivity index (χ4n) is 1.43. The molecule has 0 amide bonds. The van der Waals surface area contributed by atoms with Crippen molar-refractivity contribution < 1.29 is 4.79 Å². The van der Waals surface area contributed by atoms with Crippen LogP contribution in [0.4, 0.5) is 0 Å². The summed E-state index contributed by atoms with van der Waals surface area (Å²) in [6, 6.07) is 18.4. The molecule has 0 unspecified atom stereocenters. The van der Waals surface area contributed by atoms with Crippen LogP contribution in [-0.2, 0) is 0 Å². The second-order valence-corrected chi connectivity index (χ2v) is 3.31. The minimum absolute atomic E-state index is 0.0777. The van der Waals surface area contributed by atoms with Crippen LogP contribution in [0, 0.1) is 17.4 Å². The van der Waals surface area contributed by atoms with Crippen LogP contribution in [0.15, 0.2) is 48.5 Å². The summed E-state index contributed by atoms with van der Waals surface area (Å²) in [5.41, 5.74) is 1.63. The Balaban J connectivity index is 2.39. The third kappa shape index (κ3) is 1.99. The van der Waals surface area contributed by atoms with E-state index in [1.165, 1.54) is 0 Å². The molecule has 0 N–H and O–H groups in total. The molecule has 0 aliphatic carbocycles. The summed E-state index contributed by atoms with van der Waals surface area (Å²) in [6.45, 7) is 0. The Morgan fingerprint density at radius 1 is 1.12 bits per heavy atom. The van der Waals surface area contributed by atoms with Gasteiger partial charge in [-0.15, -0.1) is 0 Å². The molecular weight excluding hydrogens is 198 g/mol. The minimum Gasteiger partial charge on any atom is -0.289 e. The Bertz CT molecular complexity index is 552. The van der Waals surface area contributed by atoms with E-state index in [2.05, 4.69) is 6.07 Å². The Kier molecular flexibility index (Phi) is 2.79. The highest BCUT2D eigenvalue weighted by atomic mass is 16.1. The first-order valence-corrected chi connectivity index (χ1v) is 4.82. The van der Waals surface area contributed by atoms with Gasteiger partial charge >= 0.3 is 0 Å². The van der Waals surface area contributed by atoms with Crippen molar-refractivity contribution >= 4 is 5.78 Å². The van der Waals surface area contributed by atoms with Crippen LogP contribution >= 0.6 is 0 Å². The number of benzene rings is 2. The SMILES string of the molecule is N#Cc1cccc(C(=O)c2cc[c]cc2)c1. The predicted octanol–water partition coefficient (Wildman–Crippen LogP) is 2.59. The van der Waals surface area contributed by atoms with E-state index in [9.17, 15) is 4.79 Å². The highest BCUT2D eigenvalue weighted by Crippen LogP contribution is 2.10. The van der Waals surface area contributed by atoms with E-state index in [1.807, 2.05) is 6.07 Å². The molecule has 75 valence electrons. The Morgan fingerprint density at radius 3 is 2.56 bits per heavy atom. The summed E-state index contributed by atoms with van der Waals surface area (Å²) >= 11 is 0. The van der Waals surface area contributed by atoms with Crippen molar-refractivity contribution in [2.75, 3.05) is 0 Å². The van der Waals surface area contributed by atoms with Crippen molar-refractivity contribution in [3.63, 3.8) is 0 Å². The van der Waals surface area contributed by atoms with Crippen LogP contribution in [0.2, 0.25) is 0 Å². The van der Waals surface area contributed by atoms with Crippen LogP contribution in [-0.4, -0.2) is 5.78 Å². The summed E-state index contributed by atoms with van der Waals surface area (Å²) < 4.78 is 0.